The summed E-state index contributed by atoms with van der Waals surface area (Å²) in [5, 5.41) is 0. The molecule has 0 radical (unpaired) electrons. The number of Topliss-reactive ketones (excluding diaryl/α,β-unsaturated/α-hetero) is 2. The van der Waals surface area contributed by atoms with Crippen LogP contribution in [0, 0.1) is 47.3 Å². The van der Waals surface area contributed by atoms with Crippen molar-refractivity contribution >= 4 is 35.4 Å². The number of hydrogen-bond acceptors (Lipinski definition) is 10. The minimum atomic E-state index is -1.61. The molecule has 0 saturated carbocycles. The van der Waals surface area contributed by atoms with Crippen molar-refractivity contribution in [1.29, 1.82) is 0 Å². The molecule has 0 N–H and O–H groups in total. The fourth-order valence-electron chi connectivity index (χ4n) is 4.70. The van der Waals surface area contributed by atoms with E-state index >= 15 is 0 Å². The number of ketones is 2. The maximum Gasteiger partial charge on any atom is 0.310 e. The summed E-state index contributed by atoms with van der Waals surface area (Å²) in [5.74, 6) is -13.9. The zero-order chi connectivity index (χ0) is 26.9. The minimum Gasteiger partial charge on any atom is -0.469 e. The SMILES string of the molecule is COC(=O)C(C(C)C)C(C(C)=O)C(C(=O)OC)C(C(=O)OC)C(C(C)=O)C(C(=O)OC)C(C)C. The number of esters is 4. The third-order valence-electron chi connectivity index (χ3n) is 6.20. The predicted molar refractivity (Wildman–Crippen MR) is 120 cm³/mol. The summed E-state index contributed by atoms with van der Waals surface area (Å²) in [5.41, 5.74) is 0. The van der Waals surface area contributed by atoms with Crippen molar-refractivity contribution in [2.45, 2.75) is 41.5 Å². The molecule has 0 aliphatic heterocycles. The first-order valence-corrected chi connectivity index (χ1v) is 11.0. The number of carbonyl (C=O) groups is 6. The Kier molecular flexibility index (Phi) is 12.7. The normalized spacial score (nSPS) is 16.5. The van der Waals surface area contributed by atoms with Crippen molar-refractivity contribution in [2.24, 2.45) is 47.3 Å². The van der Waals surface area contributed by atoms with Gasteiger partial charge in [-0.15, -0.1) is 0 Å². The van der Waals surface area contributed by atoms with Gasteiger partial charge in [-0.2, -0.15) is 0 Å². The number of rotatable bonds is 13. The van der Waals surface area contributed by atoms with E-state index in [4.69, 9.17) is 18.9 Å². The Balaban J connectivity index is 7.39. The highest BCUT2D eigenvalue weighted by Crippen LogP contribution is 2.42. The molecule has 34 heavy (non-hydrogen) atoms. The first-order valence-electron chi connectivity index (χ1n) is 11.0. The van der Waals surface area contributed by atoms with Gasteiger partial charge in [0, 0.05) is 11.8 Å². The van der Waals surface area contributed by atoms with Crippen molar-refractivity contribution < 1.29 is 47.7 Å². The molecule has 0 aromatic carbocycles. The van der Waals surface area contributed by atoms with Crippen LogP contribution in [0.15, 0.2) is 0 Å². The maximum absolute atomic E-state index is 13.2. The highest BCUT2D eigenvalue weighted by atomic mass is 16.5. The summed E-state index contributed by atoms with van der Waals surface area (Å²) >= 11 is 0. The zero-order valence-electron chi connectivity index (χ0n) is 21.7. The highest BCUT2D eigenvalue weighted by molar-refractivity contribution is 5.96. The van der Waals surface area contributed by atoms with Crippen LogP contribution in [0.2, 0.25) is 0 Å². The summed E-state index contributed by atoms with van der Waals surface area (Å²) in [6.45, 7) is 8.99. The van der Waals surface area contributed by atoms with Crippen LogP contribution >= 0.6 is 0 Å². The third kappa shape index (κ3) is 7.11. The van der Waals surface area contributed by atoms with E-state index in [0.29, 0.717) is 0 Å². The Morgan fingerprint density at radius 3 is 0.765 bits per heavy atom. The molecule has 0 bridgehead atoms. The van der Waals surface area contributed by atoms with Crippen LogP contribution in [0.5, 0.6) is 0 Å². The second kappa shape index (κ2) is 13.8. The van der Waals surface area contributed by atoms with Crippen molar-refractivity contribution in [3.8, 4) is 0 Å². The molecule has 0 fully saturated rings. The van der Waals surface area contributed by atoms with Crippen LogP contribution in [-0.2, 0) is 47.7 Å². The summed E-state index contributed by atoms with van der Waals surface area (Å²) in [7, 11) is 4.41. The van der Waals surface area contributed by atoms with E-state index in [1.165, 1.54) is 13.8 Å². The molecule has 0 aliphatic carbocycles. The van der Waals surface area contributed by atoms with Gasteiger partial charge in [0.15, 0.2) is 0 Å². The second-order valence-corrected chi connectivity index (χ2v) is 8.96. The highest BCUT2D eigenvalue weighted by Gasteiger charge is 2.55. The van der Waals surface area contributed by atoms with Crippen LogP contribution in [0.1, 0.15) is 41.5 Å². The molecule has 6 unspecified atom stereocenters. The van der Waals surface area contributed by atoms with Crippen LogP contribution in [0.4, 0.5) is 0 Å². The first kappa shape index (κ1) is 31.2. The molecule has 0 aromatic rings. The van der Waals surface area contributed by atoms with Gasteiger partial charge in [-0.25, -0.2) is 0 Å². The van der Waals surface area contributed by atoms with E-state index in [1.807, 2.05) is 0 Å². The van der Waals surface area contributed by atoms with Gasteiger partial charge >= 0.3 is 23.9 Å². The lowest BCUT2D eigenvalue weighted by molar-refractivity contribution is -0.174. The molecule has 0 aliphatic rings. The van der Waals surface area contributed by atoms with Gasteiger partial charge in [0.2, 0.25) is 0 Å². The lowest BCUT2D eigenvalue weighted by Gasteiger charge is -2.39. The van der Waals surface area contributed by atoms with Crippen molar-refractivity contribution in [2.75, 3.05) is 28.4 Å². The summed E-state index contributed by atoms with van der Waals surface area (Å²) < 4.78 is 19.6. The largest absolute Gasteiger partial charge is 0.469 e. The minimum absolute atomic E-state index is 0.482. The van der Waals surface area contributed by atoms with E-state index < -0.39 is 82.8 Å². The molecule has 10 nitrogen and oxygen atoms in total. The standard InChI is InChI=1S/C24H38O10/c1-11(2)15(21(27)31-7)17(13(5)25)19(23(29)33-9)20(24(30)34-10)18(14(6)26)16(12(3)4)22(28)32-8/h11-12,15-20H,1-10H3. The fourth-order valence-corrected chi connectivity index (χ4v) is 4.70. The molecule has 0 rings (SSSR count). The zero-order valence-corrected chi connectivity index (χ0v) is 21.7. The van der Waals surface area contributed by atoms with Crippen LogP contribution in [0.25, 0.3) is 0 Å². The summed E-state index contributed by atoms with van der Waals surface area (Å²) in [6.07, 6.45) is 0. The molecule has 0 heterocycles. The van der Waals surface area contributed by atoms with Gasteiger partial charge < -0.3 is 18.9 Å². The third-order valence-corrected chi connectivity index (χ3v) is 6.20. The van der Waals surface area contributed by atoms with Gasteiger partial charge in [-0.3, -0.25) is 28.8 Å². The van der Waals surface area contributed by atoms with Crippen molar-refractivity contribution in [3.05, 3.63) is 0 Å². The van der Waals surface area contributed by atoms with E-state index in [9.17, 15) is 28.8 Å². The Bertz CT molecular complexity index is 706. The van der Waals surface area contributed by atoms with Gasteiger partial charge in [0.05, 0.1) is 52.1 Å². The number of carbonyl (C=O) groups excluding carboxylic acids is 6. The topological polar surface area (TPSA) is 139 Å². The average Bonchev–Trinajstić information content (AvgIpc) is 2.77. The molecule has 10 heteroatoms. The van der Waals surface area contributed by atoms with Crippen LogP contribution in [0.3, 0.4) is 0 Å². The lowest BCUT2D eigenvalue weighted by atomic mass is 9.62. The molecule has 194 valence electrons. The van der Waals surface area contributed by atoms with E-state index in [1.54, 1.807) is 27.7 Å². The molecule has 0 amide bonds. The monoisotopic (exact) mass is 486 g/mol. The molecule has 0 spiro atoms. The molecular formula is C24H38O10. The van der Waals surface area contributed by atoms with Crippen LogP contribution < -0.4 is 0 Å². The fraction of sp³-hybridized carbons (Fsp3) is 0.750. The predicted octanol–water partition coefficient (Wildman–Crippen LogP) is 1.87. The van der Waals surface area contributed by atoms with Gasteiger partial charge in [0.1, 0.15) is 11.6 Å². The van der Waals surface area contributed by atoms with E-state index in [0.717, 1.165) is 28.4 Å². The summed E-state index contributed by atoms with van der Waals surface area (Å²) in [6, 6.07) is 0. The Morgan fingerprint density at radius 1 is 0.412 bits per heavy atom. The number of ether oxygens (including phenoxy) is 4. The number of methoxy groups -OCH3 is 4. The van der Waals surface area contributed by atoms with Crippen LogP contribution in [-0.4, -0.2) is 63.9 Å². The van der Waals surface area contributed by atoms with Gasteiger partial charge in [0.25, 0.3) is 0 Å². The number of hydrogen-bond donors (Lipinski definition) is 0. The van der Waals surface area contributed by atoms with E-state index in [-0.39, 0.29) is 0 Å². The van der Waals surface area contributed by atoms with Crippen molar-refractivity contribution in [3.63, 3.8) is 0 Å². The van der Waals surface area contributed by atoms with Gasteiger partial charge in [-0.1, -0.05) is 27.7 Å². The Morgan fingerprint density at radius 2 is 0.618 bits per heavy atom. The lowest BCUT2D eigenvalue weighted by Crippen LogP contribution is -2.52. The van der Waals surface area contributed by atoms with Gasteiger partial charge in [-0.05, 0) is 25.7 Å². The first-order chi connectivity index (χ1) is 15.7. The molecule has 0 aromatic heterocycles. The molecule has 0 saturated heterocycles. The molecular weight excluding hydrogens is 448 g/mol. The quantitative estimate of drug-likeness (QED) is 0.280. The maximum atomic E-state index is 13.2. The van der Waals surface area contributed by atoms with E-state index in [2.05, 4.69) is 0 Å². The Labute approximate surface area is 201 Å². The Hall–Kier alpha value is -2.78. The molecule has 6 atom stereocenters. The smallest absolute Gasteiger partial charge is 0.310 e. The average molecular weight is 487 g/mol. The van der Waals surface area contributed by atoms with Crippen molar-refractivity contribution in [1.82, 2.24) is 0 Å². The second-order valence-electron chi connectivity index (χ2n) is 8.96. The summed E-state index contributed by atoms with van der Waals surface area (Å²) in [4.78, 5) is 77.6.